The van der Waals surface area contributed by atoms with Gasteiger partial charge in [0, 0.05) is 6.54 Å². The summed E-state index contributed by atoms with van der Waals surface area (Å²) >= 11 is 0. The second-order valence-corrected chi connectivity index (χ2v) is 5.85. The van der Waals surface area contributed by atoms with Crippen LogP contribution in [0.3, 0.4) is 0 Å². The van der Waals surface area contributed by atoms with Crippen molar-refractivity contribution in [1.82, 2.24) is 14.5 Å². The van der Waals surface area contributed by atoms with Crippen molar-refractivity contribution in [2.75, 3.05) is 31.9 Å². The van der Waals surface area contributed by atoms with E-state index in [2.05, 4.69) is 9.88 Å². The molecule has 0 aliphatic heterocycles. The molecule has 8 heteroatoms. The van der Waals surface area contributed by atoms with E-state index in [0.29, 0.717) is 18.8 Å². The number of hydrogen-bond acceptors (Lipinski definition) is 6. The first-order valence-electron chi connectivity index (χ1n) is 8.31. The fourth-order valence-electron chi connectivity index (χ4n) is 2.55. The molecule has 0 aliphatic rings. The average molecular weight is 348 g/mol. The Hall–Kier alpha value is -2.29. The maximum absolute atomic E-state index is 13.6. The highest BCUT2D eigenvalue weighted by molar-refractivity contribution is 5.37. The Balaban J connectivity index is 2.13. The van der Waals surface area contributed by atoms with Gasteiger partial charge in [0.1, 0.15) is 0 Å². The highest BCUT2D eigenvalue weighted by Crippen LogP contribution is 2.12. The zero-order chi connectivity index (χ0) is 18.2. The van der Waals surface area contributed by atoms with E-state index >= 15 is 0 Å². The minimum atomic E-state index is -0.724. The highest BCUT2D eigenvalue weighted by Gasteiger charge is 2.09. The third-order valence-corrected chi connectivity index (χ3v) is 3.89. The van der Waals surface area contributed by atoms with Crippen LogP contribution in [-0.4, -0.2) is 40.6 Å². The molecule has 1 heterocycles. The van der Waals surface area contributed by atoms with E-state index in [1.54, 1.807) is 12.1 Å². The second-order valence-electron chi connectivity index (χ2n) is 5.85. The van der Waals surface area contributed by atoms with Crippen LogP contribution in [0.4, 0.5) is 10.2 Å². The number of nitrogens with zero attached hydrogens (tertiary/aromatic N) is 3. The molecule has 2 aromatic rings. The number of nitrogens with two attached hydrogens (primary N) is 3. The van der Waals surface area contributed by atoms with Crippen LogP contribution >= 0.6 is 0 Å². The van der Waals surface area contributed by atoms with Crippen LogP contribution in [0, 0.1) is 5.82 Å². The van der Waals surface area contributed by atoms with Gasteiger partial charge in [-0.05, 0) is 56.7 Å². The van der Waals surface area contributed by atoms with Crippen LogP contribution in [0.2, 0.25) is 0 Å². The summed E-state index contributed by atoms with van der Waals surface area (Å²) in [7, 11) is 0. The number of nitrogen functional groups attached to an aromatic ring is 1. The smallest absolute Gasteiger partial charge is 0.354 e. The van der Waals surface area contributed by atoms with E-state index < -0.39 is 17.3 Å². The van der Waals surface area contributed by atoms with Gasteiger partial charge in [-0.25, -0.2) is 9.18 Å². The minimum Gasteiger partial charge on any atom is -0.381 e. The molecule has 0 radical (unpaired) electrons. The lowest BCUT2D eigenvalue weighted by molar-refractivity contribution is 0.262. The molecule has 0 saturated carbocycles. The summed E-state index contributed by atoms with van der Waals surface area (Å²) in [5.41, 5.74) is 17.5. The Kier molecular flexibility index (Phi) is 7.05. The van der Waals surface area contributed by atoms with Crippen LogP contribution in [0.25, 0.3) is 5.69 Å². The molecule has 2 rings (SSSR count). The average Bonchev–Trinajstić information content (AvgIpc) is 2.61. The van der Waals surface area contributed by atoms with E-state index in [1.165, 1.54) is 0 Å². The van der Waals surface area contributed by atoms with Crippen molar-refractivity contribution < 1.29 is 4.39 Å². The van der Waals surface area contributed by atoms with Gasteiger partial charge in [0.05, 0.1) is 11.9 Å². The lowest BCUT2D eigenvalue weighted by Gasteiger charge is -2.22. The molecule has 0 bridgehead atoms. The molecule has 0 saturated heterocycles. The van der Waals surface area contributed by atoms with Gasteiger partial charge >= 0.3 is 5.69 Å². The maximum atomic E-state index is 13.6. The molecule has 136 valence electrons. The van der Waals surface area contributed by atoms with Crippen LogP contribution in [0.15, 0.2) is 35.3 Å². The lowest BCUT2D eigenvalue weighted by Crippen LogP contribution is -2.28. The lowest BCUT2D eigenvalue weighted by atomic mass is 10.1. The number of hydrogen-bond donors (Lipinski definition) is 3. The standard InChI is InChI=1S/C17H25FN6O/c18-15-12-24(17(25)22-16(15)21)14-5-3-13(4-6-14)11-23(9-1-7-19)10-2-8-20/h3-6,12H,1-2,7-11,19-20H2,(H2,21,22,25). The van der Waals surface area contributed by atoms with Gasteiger partial charge in [-0.2, -0.15) is 4.98 Å². The summed E-state index contributed by atoms with van der Waals surface area (Å²) in [6.07, 6.45) is 2.90. The highest BCUT2D eigenvalue weighted by atomic mass is 19.1. The van der Waals surface area contributed by atoms with Crippen LogP contribution < -0.4 is 22.9 Å². The fraction of sp³-hybridized carbons (Fsp3) is 0.412. The normalized spacial score (nSPS) is 11.2. The fourth-order valence-corrected chi connectivity index (χ4v) is 2.55. The first kappa shape index (κ1) is 19.0. The monoisotopic (exact) mass is 348 g/mol. The molecular weight excluding hydrogens is 323 g/mol. The van der Waals surface area contributed by atoms with Crippen molar-refractivity contribution in [3.63, 3.8) is 0 Å². The molecule has 0 fully saturated rings. The predicted molar refractivity (Wildman–Crippen MR) is 96.8 cm³/mol. The number of aromatic nitrogens is 2. The Labute approximate surface area is 146 Å². The Bertz CT molecular complexity index is 723. The molecule has 1 aromatic heterocycles. The van der Waals surface area contributed by atoms with Gasteiger partial charge < -0.3 is 17.2 Å². The molecule has 0 spiro atoms. The summed E-state index contributed by atoms with van der Waals surface area (Å²) in [5.74, 6) is -1.12. The third-order valence-electron chi connectivity index (χ3n) is 3.89. The summed E-state index contributed by atoms with van der Waals surface area (Å²) in [5, 5.41) is 0. The van der Waals surface area contributed by atoms with Crippen molar-refractivity contribution in [2.24, 2.45) is 11.5 Å². The van der Waals surface area contributed by atoms with Crippen molar-refractivity contribution in [3.8, 4) is 5.69 Å². The summed E-state index contributed by atoms with van der Waals surface area (Å²) in [6.45, 7) is 3.88. The molecular formula is C17H25FN6O. The topological polar surface area (TPSA) is 116 Å². The van der Waals surface area contributed by atoms with Crippen molar-refractivity contribution in [2.45, 2.75) is 19.4 Å². The first-order valence-corrected chi connectivity index (χ1v) is 8.31. The number of rotatable bonds is 9. The molecule has 0 atom stereocenters. The zero-order valence-corrected chi connectivity index (χ0v) is 14.2. The molecule has 0 amide bonds. The molecule has 25 heavy (non-hydrogen) atoms. The molecule has 6 N–H and O–H groups in total. The SMILES string of the molecule is NCCCN(CCCN)Cc1ccc(-n2cc(F)c(N)nc2=O)cc1. The van der Waals surface area contributed by atoms with Gasteiger partial charge in [0.25, 0.3) is 0 Å². The van der Waals surface area contributed by atoms with E-state index in [9.17, 15) is 9.18 Å². The molecule has 7 nitrogen and oxygen atoms in total. The maximum Gasteiger partial charge on any atom is 0.354 e. The first-order chi connectivity index (χ1) is 12.0. The van der Waals surface area contributed by atoms with Crippen molar-refractivity contribution in [1.29, 1.82) is 0 Å². The second kappa shape index (κ2) is 9.26. The summed E-state index contributed by atoms with van der Waals surface area (Å²) in [4.78, 5) is 17.6. The van der Waals surface area contributed by atoms with Gasteiger partial charge in [0.2, 0.25) is 0 Å². The van der Waals surface area contributed by atoms with Gasteiger partial charge in [-0.1, -0.05) is 12.1 Å². The summed E-state index contributed by atoms with van der Waals surface area (Å²) < 4.78 is 14.7. The van der Waals surface area contributed by atoms with Gasteiger partial charge in [0.15, 0.2) is 11.6 Å². The van der Waals surface area contributed by atoms with Gasteiger partial charge in [-0.3, -0.25) is 9.47 Å². The molecule has 0 aliphatic carbocycles. The van der Waals surface area contributed by atoms with Gasteiger partial charge in [-0.15, -0.1) is 0 Å². The Morgan fingerprint density at radius 2 is 1.68 bits per heavy atom. The molecule has 1 aromatic carbocycles. The Morgan fingerprint density at radius 3 is 2.24 bits per heavy atom. The van der Waals surface area contributed by atoms with Crippen LogP contribution in [-0.2, 0) is 6.54 Å². The predicted octanol–water partition coefficient (Wildman–Crippen LogP) is 0.453. The van der Waals surface area contributed by atoms with E-state index in [0.717, 1.165) is 48.8 Å². The van der Waals surface area contributed by atoms with E-state index in [1.807, 2.05) is 12.1 Å². The number of benzene rings is 1. The largest absolute Gasteiger partial charge is 0.381 e. The minimum absolute atomic E-state index is 0.395. The Morgan fingerprint density at radius 1 is 1.08 bits per heavy atom. The van der Waals surface area contributed by atoms with Crippen LogP contribution in [0.5, 0.6) is 0 Å². The van der Waals surface area contributed by atoms with Crippen molar-refractivity contribution >= 4 is 5.82 Å². The third kappa shape index (κ3) is 5.35. The van der Waals surface area contributed by atoms with E-state index in [-0.39, 0.29) is 0 Å². The zero-order valence-electron chi connectivity index (χ0n) is 14.2. The number of anilines is 1. The van der Waals surface area contributed by atoms with E-state index in [4.69, 9.17) is 17.2 Å². The molecule has 0 unspecified atom stereocenters. The number of halogens is 1. The van der Waals surface area contributed by atoms with Crippen molar-refractivity contribution in [3.05, 3.63) is 52.3 Å². The van der Waals surface area contributed by atoms with Crippen LogP contribution in [0.1, 0.15) is 18.4 Å². The quantitative estimate of drug-likeness (QED) is 0.606. The summed E-state index contributed by atoms with van der Waals surface area (Å²) in [6, 6.07) is 7.35.